The normalized spacial score (nSPS) is 11.8. The van der Waals surface area contributed by atoms with Crippen LogP contribution in [0, 0.1) is 13.8 Å². The van der Waals surface area contributed by atoms with Crippen molar-refractivity contribution < 1.29 is 19.1 Å². The molecule has 0 saturated carbocycles. The zero-order chi connectivity index (χ0) is 16.8. The number of hydrogen-bond donors (Lipinski definition) is 3. The Morgan fingerprint density at radius 2 is 2.00 bits per heavy atom. The molecule has 1 heterocycles. The van der Waals surface area contributed by atoms with Gasteiger partial charge in [-0.05, 0) is 44.0 Å². The van der Waals surface area contributed by atoms with E-state index in [1.165, 1.54) is 6.26 Å². The lowest BCUT2D eigenvalue weighted by atomic mass is 10.1. The number of hydrogen-bond acceptors (Lipinski definition) is 4. The smallest absolute Gasteiger partial charge is 0.313 e. The summed E-state index contributed by atoms with van der Waals surface area (Å²) in [6.45, 7) is 3.98. The molecule has 0 fully saturated rings. The number of nitrogens with one attached hydrogen (secondary N) is 2. The highest BCUT2D eigenvalue weighted by molar-refractivity contribution is 6.39. The van der Waals surface area contributed by atoms with Gasteiger partial charge >= 0.3 is 11.8 Å². The van der Waals surface area contributed by atoms with Gasteiger partial charge in [0.1, 0.15) is 11.9 Å². The van der Waals surface area contributed by atoms with Crippen LogP contribution in [0.15, 0.2) is 41.0 Å². The third kappa shape index (κ3) is 4.69. The van der Waals surface area contributed by atoms with E-state index in [2.05, 4.69) is 10.6 Å². The molecule has 3 N–H and O–H groups in total. The van der Waals surface area contributed by atoms with Crippen molar-refractivity contribution in [2.75, 3.05) is 11.9 Å². The average molecular weight is 316 g/mol. The highest BCUT2D eigenvalue weighted by atomic mass is 16.4. The van der Waals surface area contributed by atoms with Crippen molar-refractivity contribution in [2.45, 2.75) is 26.4 Å². The first-order valence-electron chi connectivity index (χ1n) is 7.35. The molecule has 0 saturated heterocycles. The summed E-state index contributed by atoms with van der Waals surface area (Å²) in [6, 6.07) is 8.87. The lowest BCUT2D eigenvalue weighted by Gasteiger charge is -2.10. The van der Waals surface area contributed by atoms with Crippen molar-refractivity contribution >= 4 is 17.5 Å². The molecule has 0 radical (unpaired) electrons. The monoisotopic (exact) mass is 316 g/mol. The summed E-state index contributed by atoms with van der Waals surface area (Å²) in [4.78, 5) is 23.6. The molecule has 0 aliphatic carbocycles. The largest absolute Gasteiger partial charge is 0.467 e. The Labute approximate surface area is 134 Å². The summed E-state index contributed by atoms with van der Waals surface area (Å²) in [5.41, 5.74) is 2.57. The average Bonchev–Trinajstić information content (AvgIpc) is 3.04. The molecule has 6 heteroatoms. The number of benzene rings is 1. The Bertz CT molecular complexity index is 680. The van der Waals surface area contributed by atoms with Crippen molar-refractivity contribution in [2.24, 2.45) is 0 Å². The van der Waals surface area contributed by atoms with Gasteiger partial charge in [0.25, 0.3) is 0 Å². The summed E-state index contributed by atoms with van der Waals surface area (Å²) in [7, 11) is 0. The number of furan rings is 1. The molecule has 1 atom stereocenters. The van der Waals surface area contributed by atoms with Crippen molar-refractivity contribution in [3.05, 3.63) is 53.5 Å². The van der Waals surface area contributed by atoms with E-state index in [1.807, 2.05) is 26.0 Å². The van der Waals surface area contributed by atoms with Gasteiger partial charge in [-0.25, -0.2) is 0 Å². The molecular formula is C17H20N2O4. The third-order valence-corrected chi connectivity index (χ3v) is 3.41. The van der Waals surface area contributed by atoms with Crippen molar-refractivity contribution in [1.82, 2.24) is 5.32 Å². The fourth-order valence-corrected chi connectivity index (χ4v) is 2.16. The van der Waals surface area contributed by atoms with Gasteiger partial charge in [-0.1, -0.05) is 17.7 Å². The molecule has 23 heavy (non-hydrogen) atoms. The molecule has 2 rings (SSSR count). The maximum absolute atomic E-state index is 11.8. The maximum Gasteiger partial charge on any atom is 0.313 e. The van der Waals surface area contributed by atoms with E-state index < -0.39 is 17.9 Å². The van der Waals surface area contributed by atoms with Gasteiger partial charge in [0.15, 0.2) is 0 Å². The number of carbonyl (C=O) groups excluding carboxylic acids is 2. The number of aryl methyl sites for hydroxylation is 2. The summed E-state index contributed by atoms with van der Waals surface area (Å²) in [5.74, 6) is -1.04. The summed E-state index contributed by atoms with van der Waals surface area (Å²) < 4.78 is 5.06. The minimum absolute atomic E-state index is 0.168. The van der Waals surface area contributed by atoms with Crippen LogP contribution in [0.2, 0.25) is 0 Å². The molecule has 1 unspecified atom stereocenters. The molecule has 6 nitrogen and oxygen atoms in total. The lowest BCUT2D eigenvalue weighted by Crippen LogP contribution is -2.36. The highest BCUT2D eigenvalue weighted by Crippen LogP contribution is 2.16. The molecule has 2 amide bonds. The van der Waals surface area contributed by atoms with Gasteiger partial charge < -0.3 is 20.2 Å². The summed E-state index contributed by atoms with van der Waals surface area (Å²) >= 11 is 0. The summed E-state index contributed by atoms with van der Waals surface area (Å²) in [5, 5.41) is 14.9. The van der Waals surface area contributed by atoms with Crippen LogP contribution in [-0.4, -0.2) is 23.5 Å². The molecular weight excluding hydrogens is 296 g/mol. The van der Waals surface area contributed by atoms with E-state index in [-0.39, 0.29) is 13.0 Å². The Hall–Kier alpha value is -2.60. The molecule has 1 aromatic carbocycles. The van der Waals surface area contributed by atoms with Gasteiger partial charge in [0, 0.05) is 12.2 Å². The first-order valence-corrected chi connectivity index (χ1v) is 7.35. The van der Waals surface area contributed by atoms with E-state index in [9.17, 15) is 14.7 Å². The van der Waals surface area contributed by atoms with Gasteiger partial charge in [0.2, 0.25) is 0 Å². The standard InChI is InChI=1S/C17H20N2O4/c1-11-5-6-13(12(2)10-11)19-17(22)16(21)18-8-7-14(20)15-4-3-9-23-15/h3-6,9-10,14,20H,7-8H2,1-2H3,(H,18,21)(H,19,22). The lowest BCUT2D eigenvalue weighted by molar-refractivity contribution is -0.136. The first kappa shape index (κ1) is 16.8. The first-order chi connectivity index (χ1) is 11.0. The second-order valence-corrected chi connectivity index (χ2v) is 5.35. The van der Waals surface area contributed by atoms with E-state index in [4.69, 9.17) is 4.42 Å². The predicted molar refractivity (Wildman–Crippen MR) is 85.8 cm³/mol. The van der Waals surface area contributed by atoms with Crippen LogP contribution in [0.1, 0.15) is 29.4 Å². The molecule has 122 valence electrons. The Balaban J connectivity index is 1.80. The number of aliphatic hydroxyl groups is 1. The van der Waals surface area contributed by atoms with Crippen LogP contribution in [0.5, 0.6) is 0 Å². The zero-order valence-corrected chi connectivity index (χ0v) is 13.1. The van der Waals surface area contributed by atoms with Crippen LogP contribution >= 0.6 is 0 Å². The Kier molecular flexibility index (Phi) is 5.54. The second-order valence-electron chi connectivity index (χ2n) is 5.35. The van der Waals surface area contributed by atoms with E-state index >= 15 is 0 Å². The van der Waals surface area contributed by atoms with Crippen LogP contribution in [0.3, 0.4) is 0 Å². The fourth-order valence-electron chi connectivity index (χ4n) is 2.16. The molecule has 2 aromatic rings. The Morgan fingerprint density at radius 3 is 2.65 bits per heavy atom. The number of amides is 2. The van der Waals surface area contributed by atoms with Crippen molar-refractivity contribution in [3.63, 3.8) is 0 Å². The van der Waals surface area contributed by atoms with Crippen LogP contribution in [-0.2, 0) is 9.59 Å². The summed E-state index contributed by atoms with van der Waals surface area (Å²) in [6.07, 6.45) is 0.914. The molecule has 1 aromatic heterocycles. The van der Waals surface area contributed by atoms with Gasteiger partial charge in [-0.3, -0.25) is 9.59 Å². The van der Waals surface area contributed by atoms with Gasteiger partial charge in [-0.15, -0.1) is 0 Å². The van der Waals surface area contributed by atoms with Gasteiger partial charge in [-0.2, -0.15) is 0 Å². The number of aliphatic hydroxyl groups excluding tert-OH is 1. The second kappa shape index (κ2) is 7.60. The molecule has 0 bridgehead atoms. The maximum atomic E-state index is 11.8. The third-order valence-electron chi connectivity index (χ3n) is 3.41. The zero-order valence-electron chi connectivity index (χ0n) is 13.1. The van der Waals surface area contributed by atoms with E-state index in [1.54, 1.807) is 18.2 Å². The quantitative estimate of drug-likeness (QED) is 0.736. The number of rotatable bonds is 5. The SMILES string of the molecule is Cc1ccc(NC(=O)C(=O)NCCC(O)c2ccco2)c(C)c1. The van der Waals surface area contributed by atoms with Crippen LogP contribution < -0.4 is 10.6 Å². The van der Waals surface area contributed by atoms with E-state index in [0.29, 0.717) is 11.4 Å². The highest BCUT2D eigenvalue weighted by Gasteiger charge is 2.16. The number of carbonyl (C=O) groups is 2. The van der Waals surface area contributed by atoms with Gasteiger partial charge in [0.05, 0.1) is 6.26 Å². The van der Waals surface area contributed by atoms with Crippen molar-refractivity contribution in [3.8, 4) is 0 Å². The van der Waals surface area contributed by atoms with Crippen LogP contribution in [0.4, 0.5) is 5.69 Å². The van der Waals surface area contributed by atoms with Crippen LogP contribution in [0.25, 0.3) is 0 Å². The van der Waals surface area contributed by atoms with Crippen molar-refractivity contribution in [1.29, 1.82) is 0 Å². The predicted octanol–water partition coefficient (Wildman–Crippen LogP) is 2.07. The molecule has 0 aliphatic heterocycles. The fraction of sp³-hybridized carbons (Fsp3) is 0.294. The van der Waals surface area contributed by atoms with E-state index in [0.717, 1.165) is 11.1 Å². The minimum atomic E-state index is -0.812. The molecule has 0 aliphatic rings. The number of anilines is 1. The topological polar surface area (TPSA) is 91.6 Å². The molecule has 0 spiro atoms. The Morgan fingerprint density at radius 1 is 1.22 bits per heavy atom. The minimum Gasteiger partial charge on any atom is -0.467 e.